The van der Waals surface area contributed by atoms with Gasteiger partial charge in [0.05, 0.1) is 18.2 Å². The number of hydrogen-bond acceptors (Lipinski definition) is 4. The van der Waals surface area contributed by atoms with Crippen molar-refractivity contribution in [2.45, 2.75) is 19.4 Å². The summed E-state index contributed by atoms with van der Waals surface area (Å²) in [6.45, 7) is 3.37. The molecule has 1 fully saturated rings. The molecule has 1 aliphatic heterocycles. The molecular formula is C15H19N3O2. The van der Waals surface area contributed by atoms with Crippen molar-refractivity contribution >= 4 is 5.91 Å². The first-order chi connectivity index (χ1) is 9.61. The second-order valence-electron chi connectivity index (χ2n) is 5.05. The fourth-order valence-corrected chi connectivity index (χ4v) is 2.28. The number of aliphatic hydroxyl groups is 1. The summed E-state index contributed by atoms with van der Waals surface area (Å²) in [5, 5.41) is 9.71. The first-order valence-electron chi connectivity index (χ1n) is 6.73. The highest BCUT2D eigenvalue weighted by atomic mass is 16.3. The SMILES string of the molecule is CC1CN(C(=O)c2cncc(C#CCN)c2)CCC1O. The minimum absolute atomic E-state index is 0.0624. The number of nitrogens with two attached hydrogens (primary N) is 1. The Bertz CT molecular complexity index is 548. The molecule has 0 bridgehead atoms. The standard InChI is InChI=1S/C15H19N3O2/c1-11-10-18(6-4-14(11)19)15(20)13-7-12(3-2-5-16)8-17-9-13/h7-9,11,14,19H,4-6,10,16H2,1H3. The molecule has 1 aromatic heterocycles. The van der Waals surface area contributed by atoms with Gasteiger partial charge in [-0.15, -0.1) is 0 Å². The Kier molecular flexibility index (Phi) is 4.72. The number of hydrogen-bond donors (Lipinski definition) is 2. The molecule has 3 N–H and O–H groups in total. The summed E-state index contributed by atoms with van der Waals surface area (Å²) in [6.07, 6.45) is 3.46. The summed E-state index contributed by atoms with van der Waals surface area (Å²) in [6, 6.07) is 1.73. The number of amides is 1. The average molecular weight is 273 g/mol. The summed E-state index contributed by atoms with van der Waals surface area (Å²) in [4.78, 5) is 18.2. The van der Waals surface area contributed by atoms with Crippen molar-refractivity contribution in [2.75, 3.05) is 19.6 Å². The van der Waals surface area contributed by atoms with Gasteiger partial charge >= 0.3 is 0 Å². The van der Waals surface area contributed by atoms with Crippen molar-refractivity contribution in [2.24, 2.45) is 11.7 Å². The molecule has 2 rings (SSSR count). The Balaban J connectivity index is 2.13. The van der Waals surface area contributed by atoms with Gasteiger partial charge < -0.3 is 15.7 Å². The third kappa shape index (κ3) is 3.35. The van der Waals surface area contributed by atoms with Crippen LogP contribution in [0.2, 0.25) is 0 Å². The lowest BCUT2D eigenvalue weighted by Crippen LogP contribution is -2.45. The maximum Gasteiger partial charge on any atom is 0.255 e. The number of aromatic nitrogens is 1. The number of nitrogens with zero attached hydrogens (tertiary/aromatic N) is 2. The van der Waals surface area contributed by atoms with Gasteiger partial charge in [-0.3, -0.25) is 9.78 Å². The molecule has 5 nitrogen and oxygen atoms in total. The molecule has 1 saturated heterocycles. The normalized spacial score (nSPS) is 22.1. The van der Waals surface area contributed by atoms with Crippen molar-refractivity contribution in [3.63, 3.8) is 0 Å². The molecule has 0 spiro atoms. The maximum absolute atomic E-state index is 12.4. The van der Waals surface area contributed by atoms with Crippen molar-refractivity contribution < 1.29 is 9.90 Å². The van der Waals surface area contributed by atoms with Gasteiger partial charge in [0.25, 0.3) is 5.91 Å². The molecule has 0 saturated carbocycles. The number of likely N-dealkylation sites (tertiary alicyclic amines) is 1. The number of rotatable bonds is 1. The smallest absolute Gasteiger partial charge is 0.255 e. The lowest BCUT2D eigenvalue weighted by Gasteiger charge is -2.34. The van der Waals surface area contributed by atoms with E-state index in [1.165, 1.54) is 0 Å². The van der Waals surface area contributed by atoms with Crippen molar-refractivity contribution in [3.8, 4) is 11.8 Å². The largest absolute Gasteiger partial charge is 0.393 e. The third-order valence-corrected chi connectivity index (χ3v) is 3.47. The molecule has 1 aliphatic rings. The Morgan fingerprint density at radius 2 is 2.40 bits per heavy atom. The van der Waals surface area contributed by atoms with Gasteiger partial charge in [0, 0.05) is 31.0 Å². The van der Waals surface area contributed by atoms with Crippen molar-refractivity contribution in [1.82, 2.24) is 9.88 Å². The van der Waals surface area contributed by atoms with E-state index in [-0.39, 0.29) is 24.5 Å². The molecule has 5 heteroatoms. The fraction of sp³-hybridized carbons (Fsp3) is 0.467. The van der Waals surface area contributed by atoms with Crippen LogP contribution >= 0.6 is 0 Å². The van der Waals surface area contributed by atoms with Gasteiger partial charge in [-0.1, -0.05) is 18.8 Å². The highest BCUT2D eigenvalue weighted by Crippen LogP contribution is 2.18. The summed E-state index contributed by atoms with van der Waals surface area (Å²) in [5.41, 5.74) is 6.54. The van der Waals surface area contributed by atoms with Crippen LogP contribution in [0.3, 0.4) is 0 Å². The Hall–Kier alpha value is -1.90. The zero-order valence-electron chi connectivity index (χ0n) is 11.5. The van der Waals surface area contributed by atoms with Crippen LogP contribution in [0.25, 0.3) is 0 Å². The van der Waals surface area contributed by atoms with Crippen molar-refractivity contribution in [1.29, 1.82) is 0 Å². The topological polar surface area (TPSA) is 79.5 Å². The highest BCUT2D eigenvalue weighted by molar-refractivity contribution is 5.94. The second-order valence-corrected chi connectivity index (χ2v) is 5.05. The van der Waals surface area contributed by atoms with Gasteiger partial charge in [0.15, 0.2) is 0 Å². The molecule has 2 heterocycles. The van der Waals surface area contributed by atoms with E-state index in [4.69, 9.17) is 5.73 Å². The molecule has 0 aromatic carbocycles. The Morgan fingerprint density at radius 1 is 1.60 bits per heavy atom. The molecule has 1 amide bonds. The predicted octanol–water partition coefficient (Wildman–Crippen LogP) is 0.235. The van der Waals surface area contributed by atoms with Gasteiger partial charge in [-0.25, -0.2) is 0 Å². The first-order valence-corrected chi connectivity index (χ1v) is 6.73. The predicted molar refractivity (Wildman–Crippen MR) is 75.9 cm³/mol. The summed E-state index contributed by atoms with van der Waals surface area (Å²) >= 11 is 0. The van der Waals surface area contributed by atoms with Crippen molar-refractivity contribution in [3.05, 3.63) is 29.6 Å². The highest BCUT2D eigenvalue weighted by Gasteiger charge is 2.27. The van der Waals surface area contributed by atoms with E-state index >= 15 is 0 Å². The van der Waals surface area contributed by atoms with Crippen LogP contribution in [0.5, 0.6) is 0 Å². The molecule has 1 aromatic rings. The Labute approximate surface area is 118 Å². The summed E-state index contributed by atoms with van der Waals surface area (Å²) < 4.78 is 0. The minimum atomic E-state index is -0.320. The van der Waals surface area contributed by atoms with E-state index in [1.807, 2.05) is 6.92 Å². The quantitative estimate of drug-likeness (QED) is 0.718. The van der Waals surface area contributed by atoms with E-state index in [9.17, 15) is 9.90 Å². The number of carbonyl (C=O) groups is 1. The molecule has 2 unspecified atom stereocenters. The average Bonchev–Trinajstić information content (AvgIpc) is 2.47. The fourth-order valence-electron chi connectivity index (χ4n) is 2.28. The van der Waals surface area contributed by atoms with Gasteiger partial charge in [-0.2, -0.15) is 0 Å². The molecule has 0 radical (unpaired) electrons. The van der Waals surface area contributed by atoms with Crippen LogP contribution in [-0.2, 0) is 0 Å². The summed E-state index contributed by atoms with van der Waals surface area (Å²) in [7, 11) is 0. The first kappa shape index (κ1) is 14.5. The van der Waals surface area contributed by atoms with E-state index < -0.39 is 0 Å². The van der Waals surface area contributed by atoms with Crippen LogP contribution < -0.4 is 5.73 Å². The third-order valence-electron chi connectivity index (χ3n) is 3.47. The van der Waals surface area contributed by atoms with Gasteiger partial charge in [0.1, 0.15) is 0 Å². The van der Waals surface area contributed by atoms with Gasteiger partial charge in [-0.05, 0) is 18.4 Å². The maximum atomic E-state index is 12.4. The zero-order chi connectivity index (χ0) is 14.5. The summed E-state index contributed by atoms with van der Waals surface area (Å²) in [5.74, 6) is 5.65. The minimum Gasteiger partial charge on any atom is -0.393 e. The van der Waals surface area contributed by atoms with Crippen LogP contribution in [0, 0.1) is 17.8 Å². The van der Waals surface area contributed by atoms with E-state index in [0.29, 0.717) is 30.6 Å². The lowest BCUT2D eigenvalue weighted by molar-refractivity contribution is 0.0297. The van der Waals surface area contributed by atoms with Crippen LogP contribution in [-0.4, -0.2) is 46.6 Å². The molecule has 20 heavy (non-hydrogen) atoms. The molecule has 106 valence electrons. The van der Waals surface area contributed by atoms with Gasteiger partial charge in [0.2, 0.25) is 0 Å². The molecule has 0 aliphatic carbocycles. The van der Waals surface area contributed by atoms with Crippen LogP contribution in [0.4, 0.5) is 0 Å². The number of piperidine rings is 1. The lowest BCUT2D eigenvalue weighted by atomic mass is 9.96. The van der Waals surface area contributed by atoms with E-state index in [2.05, 4.69) is 16.8 Å². The number of carbonyl (C=O) groups excluding carboxylic acids is 1. The van der Waals surface area contributed by atoms with E-state index in [1.54, 1.807) is 23.4 Å². The zero-order valence-corrected chi connectivity index (χ0v) is 11.5. The van der Waals surface area contributed by atoms with E-state index in [0.717, 1.165) is 0 Å². The molecule has 2 atom stereocenters. The van der Waals surface area contributed by atoms with Crippen LogP contribution in [0.1, 0.15) is 29.3 Å². The Morgan fingerprint density at radius 3 is 3.10 bits per heavy atom. The second kappa shape index (κ2) is 6.51. The van der Waals surface area contributed by atoms with Crippen LogP contribution in [0.15, 0.2) is 18.5 Å². The monoisotopic (exact) mass is 273 g/mol. The number of pyridine rings is 1. The molecular weight excluding hydrogens is 254 g/mol. The number of aliphatic hydroxyl groups excluding tert-OH is 1.